The number of aryl methyl sites for hydroxylation is 1. The molecule has 0 saturated heterocycles. The Morgan fingerprint density at radius 3 is 2.00 bits per heavy atom. The Morgan fingerprint density at radius 1 is 1.50 bits per heavy atom. The van der Waals surface area contributed by atoms with Crippen LogP contribution in [0.15, 0.2) is 12.4 Å². The van der Waals surface area contributed by atoms with Crippen molar-refractivity contribution < 1.29 is 25.8 Å². The molecule has 1 aromatic rings. The SMILES string of the molecule is Cc1ncc[nH]1.FCF.NN.[Cu]. The summed E-state index contributed by atoms with van der Waals surface area (Å²) >= 11 is 0. The quantitative estimate of drug-likeness (QED) is 0.343. The molecule has 7 heteroatoms. The molecule has 77 valence electrons. The molecule has 0 aromatic carbocycles. The fraction of sp³-hybridized carbons (Fsp3) is 0.400. The molecule has 5 N–H and O–H groups in total. The molecule has 1 rings (SSSR count). The van der Waals surface area contributed by atoms with Crippen LogP contribution < -0.4 is 11.7 Å². The van der Waals surface area contributed by atoms with Gasteiger partial charge in [0.25, 0.3) is 0 Å². The van der Waals surface area contributed by atoms with E-state index in [1.165, 1.54) is 0 Å². The zero-order chi connectivity index (χ0) is 9.11. The van der Waals surface area contributed by atoms with Gasteiger partial charge in [0.1, 0.15) is 5.82 Å². The Labute approximate surface area is 80.2 Å². The van der Waals surface area contributed by atoms with Crippen LogP contribution >= 0.6 is 0 Å². The number of hydrogen-bond acceptors (Lipinski definition) is 3. The van der Waals surface area contributed by atoms with Gasteiger partial charge in [0.2, 0.25) is 6.93 Å². The molecule has 0 unspecified atom stereocenters. The van der Waals surface area contributed by atoms with Gasteiger partial charge in [0.05, 0.1) is 0 Å². The second-order valence-electron chi connectivity index (χ2n) is 1.28. The van der Waals surface area contributed by atoms with E-state index in [1.54, 1.807) is 12.4 Å². The van der Waals surface area contributed by atoms with Gasteiger partial charge in [-0.15, -0.1) is 0 Å². The first-order chi connectivity index (χ1) is 5.31. The van der Waals surface area contributed by atoms with E-state index in [9.17, 15) is 8.78 Å². The van der Waals surface area contributed by atoms with Crippen molar-refractivity contribution in [2.24, 2.45) is 11.7 Å². The van der Waals surface area contributed by atoms with Crippen molar-refractivity contribution in [3.8, 4) is 0 Å². The first-order valence-electron chi connectivity index (χ1n) is 2.72. The Hall–Kier alpha value is -0.491. The molecule has 0 amide bonds. The van der Waals surface area contributed by atoms with Crippen LogP contribution in [-0.2, 0) is 17.1 Å². The zero-order valence-corrected chi connectivity index (χ0v) is 7.46. The average molecular weight is 230 g/mol. The summed E-state index contributed by atoms with van der Waals surface area (Å²) in [6.45, 7) is 0.167. The number of nitrogens with two attached hydrogens (primary N) is 2. The second kappa shape index (κ2) is 16.9. The smallest absolute Gasteiger partial charge is 0.229 e. The predicted octanol–water partition coefficient (Wildman–Crippen LogP) is 0.417. The Balaban J connectivity index is -0.000000119. The van der Waals surface area contributed by atoms with Crippen LogP contribution in [0, 0.1) is 6.92 Å². The minimum atomic E-state index is -1.75. The number of imidazole rings is 1. The van der Waals surface area contributed by atoms with Crippen LogP contribution in [-0.4, -0.2) is 16.9 Å². The topological polar surface area (TPSA) is 80.7 Å². The van der Waals surface area contributed by atoms with Crippen LogP contribution in [0.3, 0.4) is 0 Å². The van der Waals surface area contributed by atoms with E-state index in [0.29, 0.717) is 0 Å². The number of alkyl halides is 2. The number of aromatic nitrogens is 2. The van der Waals surface area contributed by atoms with Crippen molar-refractivity contribution in [1.82, 2.24) is 9.97 Å². The summed E-state index contributed by atoms with van der Waals surface area (Å²) in [6.07, 6.45) is 3.53. The fourth-order valence-corrected chi connectivity index (χ4v) is 0.344. The van der Waals surface area contributed by atoms with Crippen LogP contribution in [0.2, 0.25) is 0 Å². The Kier molecular flexibility index (Phi) is 24.7. The summed E-state index contributed by atoms with van der Waals surface area (Å²) in [5, 5.41) is 0. The van der Waals surface area contributed by atoms with Gasteiger partial charge >= 0.3 is 0 Å². The summed E-state index contributed by atoms with van der Waals surface area (Å²) in [5.41, 5.74) is 0. The summed E-state index contributed by atoms with van der Waals surface area (Å²) in [7, 11) is 0. The first kappa shape index (κ1) is 17.6. The van der Waals surface area contributed by atoms with E-state index < -0.39 is 6.93 Å². The van der Waals surface area contributed by atoms with Gasteiger partial charge in [-0.1, -0.05) is 0 Å². The van der Waals surface area contributed by atoms with Gasteiger partial charge in [0.15, 0.2) is 0 Å². The summed E-state index contributed by atoms with van der Waals surface area (Å²) in [6, 6.07) is 0. The van der Waals surface area contributed by atoms with Gasteiger partial charge in [0, 0.05) is 29.5 Å². The molecule has 0 aliphatic rings. The van der Waals surface area contributed by atoms with Crippen molar-refractivity contribution in [2.45, 2.75) is 6.92 Å². The molecule has 0 bridgehead atoms. The molecule has 1 heterocycles. The molecule has 1 radical (unpaired) electrons. The number of nitrogens with one attached hydrogen (secondary N) is 1. The monoisotopic (exact) mass is 229 g/mol. The maximum absolute atomic E-state index is 9.62. The molecule has 0 atom stereocenters. The largest absolute Gasteiger partial charge is 0.349 e. The van der Waals surface area contributed by atoms with Crippen molar-refractivity contribution in [1.29, 1.82) is 0 Å². The molecule has 12 heavy (non-hydrogen) atoms. The minimum absolute atomic E-state index is 0. The van der Waals surface area contributed by atoms with E-state index in [-0.39, 0.29) is 17.1 Å². The Morgan fingerprint density at radius 2 is 1.92 bits per heavy atom. The average Bonchev–Trinajstić information content (AvgIpc) is 2.46. The number of nitrogens with zero attached hydrogens (tertiary/aromatic N) is 1. The molecular weight excluding hydrogens is 218 g/mol. The van der Waals surface area contributed by atoms with Crippen molar-refractivity contribution in [3.63, 3.8) is 0 Å². The van der Waals surface area contributed by atoms with E-state index in [2.05, 4.69) is 21.7 Å². The van der Waals surface area contributed by atoms with E-state index >= 15 is 0 Å². The van der Waals surface area contributed by atoms with Gasteiger partial charge in [-0.25, -0.2) is 13.8 Å². The number of H-pyrrole nitrogens is 1. The Bertz CT molecular complexity index is 136. The molecule has 0 saturated carbocycles. The molecule has 0 aliphatic heterocycles. The van der Waals surface area contributed by atoms with Gasteiger partial charge in [-0.3, -0.25) is 11.7 Å². The first-order valence-corrected chi connectivity index (χ1v) is 2.72. The maximum atomic E-state index is 9.62. The summed E-state index contributed by atoms with van der Waals surface area (Å²) in [4.78, 5) is 6.75. The second-order valence-corrected chi connectivity index (χ2v) is 1.28. The zero-order valence-electron chi connectivity index (χ0n) is 6.52. The number of hydrazine groups is 1. The molecule has 0 fully saturated rings. The van der Waals surface area contributed by atoms with Gasteiger partial charge in [-0.2, -0.15) is 0 Å². The standard InChI is InChI=1S/C4H6N2.CH2F2.Cu.H4N2/c1-4-5-2-3-6-4;2-1-3;;1-2/h2-3H,1H3,(H,5,6);1H2;;1-2H2. The van der Waals surface area contributed by atoms with Crippen LogP contribution in [0.4, 0.5) is 8.78 Å². The van der Waals surface area contributed by atoms with Crippen molar-refractivity contribution >= 4 is 0 Å². The molecule has 0 aliphatic carbocycles. The molecule has 4 nitrogen and oxygen atoms in total. The van der Waals surface area contributed by atoms with E-state index in [1.807, 2.05) is 6.92 Å². The van der Waals surface area contributed by atoms with Crippen LogP contribution in [0.5, 0.6) is 0 Å². The number of halogens is 2. The third kappa shape index (κ3) is 16.3. The van der Waals surface area contributed by atoms with Crippen LogP contribution in [0.25, 0.3) is 0 Å². The minimum Gasteiger partial charge on any atom is -0.349 e. The molecule has 0 spiro atoms. The fourth-order valence-electron chi connectivity index (χ4n) is 0.344. The van der Waals surface area contributed by atoms with Crippen LogP contribution in [0.1, 0.15) is 5.82 Å². The third-order valence-electron chi connectivity index (χ3n) is 0.635. The number of hydrogen-bond donors (Lipinski definition) is 3. The van der Waals surface area contributed by atoms with E-state index in [0.717, 1.165) is 5.82 Å². The van der Waals surface area contributed by atoms with Gasteiger partial charge in [-0.05, 0) is 6.92 Å². The number of rotatable bonds is 0. The summed E-state index contributed by atoms with van der Waals surface area (Å²) in [5.74, 6) is 8.97. The molecular formula is C5H12CuF2N4. The van der Waals surface area contributed by atoms with Crippen molar-refractivity contribution in [3.05, 3.63) is 18.2 Å². The predicted molar refractivity (Wildman–Crippen MR) is 38.8 cm³/mol. The van der Waals surface area contributed by atoms with E-state index in [4.69, 9.17) is 0 Å². The molecule has 1 aromatic heterocycles. The number of aromatic amines is 1. The maximum Gasteiger partial charge on any atom is 0.229 e. The van der Waals surface area contributed by atoms with Crippen molar-refractivity contribution in [2.75, 3.05) is 6.93 Å². The van der Waals surface area contributed by atoms with Gasteiger partial charge < -0.3 is 4.98 Å². The third-order valence-corrected chi connectivity index (χ3v) is 0.635. The summed E-state index contributed by atoms with van der Waals surface area (Å²) < 4.78 is 19.2. The normalized spacial score (nSPS) is 6.42.